The molecule has 0 radical (unpaired) electrons. The normalized spacial score (nSPS) is 12.1. The minimum absolute atomic E-state index is 0.00981. The van der Waals surface area contributed by atoms with Crippen LogP contribution in [-0.4, -0.2) is 44.3 Å². The van der Waals surface area contributed by atoms with Crippen LogP contribution in [0.3, 0.4) is 0 Å². The fourth-order valence-electron chi connectivity index (χ4n) is 4.27. The average molecular weight is 588 g/mol. The Balaban J connectivity index is 2.09. The summed E-state index contributed by atoms with van der Waals surface area (Å²) in [4.78, 5) is 28.5. The standard InChI is InChI=1S/C30H35ClFN3O4S/c1-5-17-33-30(37)27(6-2)34(19-23-10-13-25(32)14-11-23)29(36)20-35(28-18-24(31)12-9-22(28)4)40(38,39)26-15-7-21(3)8-16-26/h7-16,18,27H,5-6,17,19-20H2,1-4H3,(H,33,37)/t27-/m0/s1. The third kappa shape index (κ3) is 7.61. The van der Waals surface area contributed by atoms with E-state index in [1.807, 2.05) is 13.8 Å². The van der Waals surface area contributed by atoms with Crippen LogP contribution in [0.2, 0.25) is 5.02 Å². The molecule has 1 atom stereocenters. The molecule has 0 aliphatic carbocycles. The molecule has 3 rings (SSSR count). The lowest BCUT2D eigenvalue weighted by Gasteiger charge is -2.33. The molecule has 0 fully saturated rings. The summed E-state index contributed by atoms with van der Waals surface area (Å²) in [6.45, 7) is 7.13. The number of nitrogens with zero attached hydrogens (tertiary/aromatic N) is 2. The third-order valence-corrected chi connectivity index (χ3v) is 8.54. The molecule has 0 aliphatic heterocycles. The van der Waals surface area contributed by atoms with Gasteiger partial charge in [0.05, 0.1) is 10.6 Å². The van der Waals surface area contributed by atoms with E-state index in [1.54, 1.807) is 38.1 Å². The molecule has 7 nitrogen and oxygen atoms in total. The number of rotatable bonds is 12. The summed E-state index contributed by atoms with van der Waals surface area (Å²) in [5.41, 5.74) is 2.34. The maximum Gasteiger partial charge on any atom is 0.264 e. The Hall–Kier alpha value is -3.43. The van der Waals surface area contributed by atoms with E-state index in [1.165, 1.54) is 47.4 Å². The summed E-state index contributed by atoms with van der Waals surface area (Å²) in [6, 6.07) is 15.9. The van der Waals surface area contributed by atoms with Crippen molar-refractivity contribution in [3.05, 3.63) is 94.3 Å². The monoisotopic (exact) mass is 587 g/mol. The van der Waals surface area contributed by atoms with Gasteiger partial charge in [-0.05, 0) is 74.2 Å². The first-order valence-electron chi connectivity index (χ1n) is 13.1. The van der Waals surface area contributed by atoms with E-state index in [-0.39, 0.29) is 23.0 Å². The fourth-order valence-corrected chi connectivity index (χ4v) is 5.91. The van der Waals surface area contributed by atoms with Gasteiger partial charge >= 0.3 is 0 Å². The zero-order chi connectivity index (χ0) is 29.4. The van der Waals surface area contributed by atoms with Crippen molar-refractivity contribution in [1.29, 1.82) is 0 Å². The van der Waals surface area contributed by atoms with Crippen LogP contribution in [0.25, 0.3) is 0 Å². The highest BCUT2D eigenvalue weighted by Gasteiger charge is 2.34. The fraction of sp³-hybridized carbons (Fsp3) is 0.333. The lowest BCUT2D eigenvalue weighted by Crippen LogP contribution is -2.52. The molecule has 0 saturated heterocycles. The van der Waals surface area contributed by atoms with Gasteiger partial charge in [-0.2, -0.15) is 0 Å². The van der Waals surface area contributed by atoms with Gasteiger partial charge < -0.3 is 10.2 Å². The van der Waals surface area contributed by atoms with Crippen LogP contribution < -0.4 is 9.62 Å². The number of nitrogens with one attached hydrogen (secondary N) is 1. The highest BCUT2D eigenvalue weighted by Crippen LogP contribution is 2.30. The Kier molecular flexibility index (Phi) is 10.7. The van der Waals surface area contributed by atoms with E-state index >= 15 is 0 Å². The molecule has 0 saturated carbocycles. The number of carbonyl (C=O) groups excluding carboxylic acids is 2. The highest BCUT2D eigenvalue weighted by atomic mass is 35.5. The van der Waals surface area contributed by atoms with Crippen molar-refractivity contribution in [3.8, 4) is 0 Å². The van der Waals surface area contributed by atoms with Crippen LogP contribution in [0, 0.1) is 19.7 Å². The minimum atomic E-state index is -4.21. The second-order valence-corrected chi connectivity index (χ2v) is 11.9. The van der Waals surface area contributed by atoms with Crippen LogP contribution >= 0.6 is 11.6 Å². The summed E-state index contributed by atoms with van der Waals surface area (Å²) >= 11 is 6.26. The zero-order valence-electron chi connectivity index (χ0n) is 23.2. The Morgan fingerprint density at radius 1 is 0.975 bits per heavy atom. The number of hydrogen-bond donors (Lipinski definition) is 1. The molecular formula is C30H35ClFN3O4S. The van der Waals surface area contributed by atoms with Gasteiger partial charge in [-0.1, -0.05) is 61.3 Å². The van der Waals surface area contributed by atoms with Crippen molar-refractivity contribution in [2.24, 2.45) is 0 Å². The SMILES string of the molecule is CCCNC(=O)[C@H](CC)N(Cc1ccc(F)cc1)C(=O)CN(c1cc(Cl)ccc1C)S(=O)(=O)c1ccc(C)cc1. The first kappa shape index (κ1) is 31.1. The Bertz CT molecular complexity index is 1430. The van der Waals surface area contributed by atoms with Gasteiger partial charge in [0.2, 0.25) is 11.8 Å². The molecule has 3 aromatic carbocycles. The average Bonchev–Trinajstić information content (AvgIpc) is 2.93. The quantitative estimate of drug-likeness (QED) is 0.298. The maximum absolute atomic E-state index is 14.0. The Labute approximate surface area is 241 Å². The number of halogens is 2. The Morgan fingerprint density at radius 2 is 1.62 bits per heavy atom. The molecule has 1 N–H and O–H groups in total. The highest BCUT2D eigenvalue weighted by molar-refractivity contribution is 7.92. The molecule has 214 valence electrons. The van der Waals surface area contributed by atoms with Gasteiger partial charge in [-0.15, -0.1) is 0 Å². The summed E-state index contributed by atoms with van der Waals surface area (Å²) in [5.74, 6) is -1.36. The topological polar surface area (TPSA) is 86.8 Å². The second kappa shape index (κ2) is 13.8. The number of benzene rings is 3. The molecule has 40 heavy (non-hydrogen) atoms. The number of anilines is 1. The van der Waals surface area contributed by atoms with E-state index < -0.39 is 34.3 Å². The predicted octanol–water partition coefficient (Wildman–Crippen LogP) is 5.62. The van der Waals surface area contributed by atoms with E-state index in [2.05, 4.69) is 5.32 Å². The lowest BCUT2D eigenvalue weighted by molar-refractivity contribution is -0.140. The van der Waals surface area contributed by atoms with Crippen LogP contribution in [0.15, 0.2) is 71.6 Å². The van der Waals surface area contributed by atoms with Gasteiger partial charge in [-0.3, -0.25) is 13.9 Å². The molecular weight excluding hydrogens is 553 g/mol. The molecule has 3 aromatic rings. The minimum Gasteiger partial charge on any atom is -0.354 e. The lowest BCUT2D eigenvalue weighted by atomic mass is 10.1. The van der Waals surface area contributed by atoms with Gasteiger partial charge in [0.15, 0.2) is 0 Å². The van der Waals surface area contributed by atoms with Crippen molar-refractivity contribution < 1.29 is 22.4 Å². The number of amides is 2. The molecule has 0 aliphatic rings. The van der Waals surface area contributed by atoms with E-state index in [9.17, 15) is 22.4 Å². The zero-order valence-corrected chi connectivity index (χ0v) is 24.7. The van der Waals surface area contributed by atoms with Crippen LogP contribution in [0.5, 0.6) is 0 Å². The molecule has 2 amide bonds. The molecule has 0 heterocycles. The van der Waals surface area contributed by atoms with E-state index in [0.717, 1.165) is 9.87 Å². The molecule has 0 unspecified atom stereocenters. The Morgan fingerprint density at radius 3 is 2.23 bits per heavy atom. The predicted molar refractivity (Wildman–Crippen MR) is 156 cm³/mol. The summed E-state index contributed by atoms with van der Waals surface area (Å²) < 4.78 is 42.6. The maximum atomic E-state index is 14.0. The summed E-state index contributed by atoms with van der Waals surface area (Å²) in [7, 11) is -4.21. The van der Waals surface area contributed by atoms with E-state index in [0.29, 0.717) is 35.5 Å². The van der Waals surface area contributed by atoms with Gasteiger partial charge in [0.25, 0.3) is 10.0 Å². The van der Waals surface area contributed by atoms with Crippen molar-refractivity contribution in [3.63, 3.8) is 0 Å². The first-order valence-corrected chi connectivity index (χ1v) is 15.0. The second-order valence-electron chi connectivity index (χ2n) is 9.62. The van der Waals surface area contributed by atoms with Crippen LogP contribution in [0.1, 0.15) is 43.4 Å². The van der Waals surface area contributed by atoms with Gasteiger partial charge in [-0.25, -0.2) is 12.8 Å². The largest absolute Gasteiger partial charge is 0.354 e. The van der Waals surface area contributed by atoms with Crippen LogP contribution in [0.4, 0.5) is 10.1 Å². The van der Waals surface area contributed by atoms with Crippen molar-refractivity contribution >= 4 is 39.1 Å². The third-order valence-electron chi connectivity index (χ3n) is 6.53. The first-order chi connectivity index (χ1) is 19.0. The molecule has 0 aromatic heterocycles. The van der Waals surface area contributed by atoms with E-state index in [4.69, 9.17) is 11.6 Å². The van der Waals surface area contributed by atoms with Crippen molar-refractivity contribution in [2.45, 2.75) is 58.0 Å². The number of sulfonamides is 1. The summed E-state index contributed by atoms with van der Waals surface area (Å²) in [5, 5.41) is 3.15. The van der Waals surface area contributed by atoms with Gasteiger partial charge in [0, 0.05) is 18.1 Å². The smallest absolute Gasteiger partial charge is 0.264 e. The molecule has 0 spiro atoms. The number of carbonyl (C=O) groups is 2. The molecule has 10 heteroatoms. The number of hydrogen-bond acceptors (Lipinski definition) is 4. The number of aryl methyl sites for hydroxylation is 2. The van der Waals surface area contributed by atoms with Crippen molar-refractivity contribution in [1.82, 2.24) is 10.2 Å². The summed E-state index contributed by atoms with van der Waals surface area (Å²) in [6.07, 6.45) is 1.01. The molecule has 0 bridgehead atoms. The van der Waals surface area contributed by atoms with Crippen LogP contribution in [-0.2, 0) is 26.2 Å². The van der Waals surface area contributed by atoms with Gasteiger partial charge in [0.1, 0.15) is 18.4 Å². The van der Waals surface area contributed by atoms with Crippen molar-refractivity contribution in [2.75, 3.05) is 17.4 Å².